The van der Waals surface area contributed by atoms with Crippen LogP contribution in [0.3, 0.4) is 0 Å². The van der Waals surface area contributed by atoms with Crippen molar-refractivity contribution in [3.05, 3.63) is 46.8 Å². The third-order valence-electron chi connectivity index (χ3n) is 3.60. The van der Waals surface area contributed by atoms with Gasteiger partial charge in [-0.1, -0.05) is 0 Å². The van der Waals surface area contributed by atoms with E-state index in [-0.39, 0.29) is 24.5 Å². The van der Waals surface area contributed by atoms with E-state index in [0.29, 0.717) is 18.7 Å². The fourth-order valence-electron chi connectivity index (χ4n) is 2.35. The molecule has 0 fully saturated rings. The van der Waals surface area contributed by atoms with Crippen molar-refractivity contribution < 1.29 is 14.3 Å². The van der Waals surface area contributed by atoms with Crippen LogP contribution in [-0.2, 0) is 11.3 Å². The van der Waals surface area contributed by atoms with Gasteiger partial charge in [-0.15, -0.1) is 0 Å². The number of ether oxygens (including phenoxy) is 1. The van der Waals surface area contributed by atoms with E-state index in [2.05, 4.69) is 15.5 Å². The average Bonchev–Trinajstić information content (AvgIpc) is 2.98. The Morgan fingerprint density at radius 1 is 1.21 bits per heavy atom. The SMILES string of the molecule is CCOc1ccc(C(=O)CCC(=O)NCc2cc(C)[nH]n2)cc1C. The Morgan fingerprint density at radius 3 is 2.62 bits per heavy atom. The molecular formula is C18H23N3O3. The number of nitrogens with zero attached hydrogens (tertiary/aromatic N) is 1. The molecule has 1 amide bonds. The maximum Gasteiger partial charge on any atom is 0.220 e. The van der Waals surface area contributed by atoms with E-state index in [4.69, 9.17) is 4.74 Å². The number of hydrogen-bond donors (Lipinski definition) is 2. The summed E-state index contributed by atoms with van der Waals surface area (Å²) in [6.07, 6.45) is 0.341. The van der Waals surface area contributed by atoms with Crippen molar-refractivity contribution in [1.29, 1.82) is 0 Å². The lowest BCUT2D eigenvalue weighted by Gasteiger charge is -2.08. The first-order valence-electron chi connectivity index (χ1n) is 8.03. The second-order valence-corrected chi connectivity index (χ2v) is 5.66. The second kappa shape index (κ2) is 8.29. The molecule has 1 heterocycles. The molecule has 6 nitrogen and oxygen atoms in total. The zero-order valence-electron chi connectivity index (χ0n) is 14.3. The highest BCUT2D eigenvalue weighted by molar-refractivity contribution is 5.98. The van der Waals surface area contributed by atoms with Crippen LogP contribution in [0, 0.1) is 13.8 Å². The normalized spacial score (nSPS) is 10.5. The highest BCUT2D eigenvalue weighted by Gasteiger charge is 2.11. The van der Waals surface area contributed by atoms with Crippen molar-refractivity contribution in [3.63, 3.8) is 0 Å². The molecule has 1 aromatic carbocycles. The van der Waals surface area contributed by atoms with E-state index in [1.165, 1.54) is 0 Å². The first kappa shape index (κ1) is 17.7. The molecule has 0 aliphatic rings. The van der Waals surface area contributed by atoms with Gasteiger partial charge in [0.05, 0.1) is 18.8 Å². The van der Waals surface area contributed by atoms with Crippen LogP contribution in [0.15, 0.2) is 24.3 Å². The third kappa shape index (κ3) is 4.94. The lowest BCUT2D eigenvalue weighted by molar-refractivity contribution is -0.121. The number of amides is 1. The summed E-state index contributed by atoms with van der Waals surface area (Å²) in [7, 11) is 0. The number of rotatable bonds is 8. The summed E-state index contributed by atoms with van der Waals surface area (Å²) in [6.45, 7) is 6.67. The molecule has 0 aliphatic heterocycles. The topological polar surface area (TPSA) is 84.1 Å². The lowest BCUT2D eigenvalue weighted by atomic mass is 10.0. The molecule has 0 unspecified atom stereocenters. The van der Waals surface area contributed by atoms with Crippen LogP contribution in [0.25, 0.3) is 0 Å². The van der Waals surface area contributed by atoms with Crippen molar-refractivity contribution in [1.82, 2.24) is 15.5 Å². The number of carbonyl (C=O) groups is 2. The first-order valence-corrected chi connectivity index (χ1v) is 8.03. The Labute approximate surface area is 141 Å². The summed E-state index contributed by atoms with van der Waals surface area (Å²) < 4.78 is 5.46. The van der Waals surface area contributed by atoms with Gasteiger partial charge in [-0.3, -0.25) is 14.7 Å². The number of ketones is 1. The fraction of sp³-hybridized carbons (Fsp3) is 0.389. The van der Waals surface area contributed by atoms with Gasteiger partial charge in [0.25, 0.3) is 0 Å². The van der Waals surface area contributed by atoms with Crippen LogP contribution in [-0.4, -0.2) is 28.5 Å². The van der Waals surface area contributed by atoms with Gasteiger partial charge in [0.15, 0.2) is 5.78 Å². The minimum absolute atomic E-state index is 0.0492. The zero-order chi connectivity index (χ0) is 17.5. The van der Waals surface area contributed by atoms with Gasteiger partial charge in [-0.25, -0.2) is 0 Å². The van der Waals surface area contributed by atoms with Crippen molar-refractivity contribution >= 4 is 11.7 Å². The van der Waals surface area contributed by atoms with Crippen molar-refractivity contribution in [3.8, 4) is 5.75 Å². The molecule has 1 aromatic heterocycles. The van der Waals surface area contributed by atoms with E-state index >= 15 is 0 Å². The summed E-state index contributed by atoms with van der Waals surface area (Å²) in [4.78, 5) is 24.1. The van der Waals surface area contributed by atoms with Crippen LogP contribution in [0.5, 0.6) is 5.75 Å². The molecule has 0 atom stereocenters. The summed E-state index contributed by atoms with van der Waals surface area (Å²) >= 11 is 0. The van der Waals surface area contributed by atoms with Gasteiger partial charge in [-0.05, 0) is 50.6 Å². The molecule has 0 radical (unpaired) electrons. The van der Waals surface area contributed by atoms with Gasteiger partial charge in [-0.2, -0.15) is 5.10 Å². The summed E-state index contributed by atoms with van der Waals surface area (Å²) in [5, 5.41) is 9.62. The quantitative estimate of drug-likeness (QED) is 0.729. The highest BCUT2D eigenvalue weighted by atomic mass is 16.5. The lowest BCUT2D eigenvalue weighted by Crippen LogP contribution is -2.23. The Morgan fingerprint density at radius 2 is 2.00 bits per heavy atom. The molecule has 128 valence electrons. The van der Waals surface area contributed by atoms with Crippen molar-refractivity contribution in [2.75, 3.05) is 6.61 Å². The molecule has 0 aliphatic carbocycles. The Balaban J connectivity index is 1.81. The summed E-state index contributed by atoms with van der Waals surface area (Å²) in [5.74, 6) is 0.569. The number of nitrogens with one attached hydrogen (secondary N) is 2. The average molecular weight is 329 g/mol. The van der Waals surface area contributed by atoms with Gasteiger partial charge in [0, 0.05) is 24.1 Å². The second-order valence-electron chi connectivity index (χ2n) is 5.66. The number of aromatic nitrogens is 2. The van der Waals surface area contributed by atoms with Crippen LogP contribution in [0.4, 0.5) is 0 Å². The number of carbonyl (C=O) groups excluding carboxylic acids is 2. The third-order valence-corrected chi connectivity index (χ3v) is 3.60. The molecule has 0 spiro atoms. The van der Waals surface area contributed by atoms with E-state index < -0.39 is 0 Å². The van der Waals surface area contributed by atoms with E-state index in [0.717, 1.165) is 22.7 Å². The number of H-pyrrole nitrogens is 1. The minimum Gasteiger partial charge on any atom is -0.494 e. The molecule has 0 bridgehead atoms. The number of aryl methyl sites for hydroxylation is 2. The van der Waals surface area contributed by atoms with Crippen LogP contribution in [0.2, 0.25) is 0 Å². The van der Waals surface area contributed by atoms with E-state index in [1.54, 1.807) is 18.2 Å². The molecule has 2 N–H and O–H groups in total. The van der Waals surface area contributed by atoms with Gasteiger partial charge in [0.2, 0.25) is 5.91 Å². The van der Waals surface area contributed by atoms with E-state index in [1.807, 2.05) is 26.8 Å². The van der Waals surface area contributed by atoms with Crippen LogP contribution < -0.4 is 10.1 Å². The van der Waals surface area contributed by atoms with Crippen LogP contribution >= 0.6 is 0 Å². The van der Waals surface area contributed by atoms with Crippen molar-refractivity contribution in [2.45, 2.75) is 40.2 Å². The van der Waals surface area contributed by atoms with Crippen molar-refractivity contribution in [2.24, 2.45) is 0 Å². The molecule has 0 saturated carbocycles. The Kier molecular flexibility index (Phi) is 6.12. The zero-order valence-corrected chi connectivity index (χ0v) is 14.3. The molecular weight excluding hydrogens is 306 g/mol. The number of benzene rings is 1. The predicted octanol–water partition coefficient (Wildman–Crippen LogP) is 2.70. The van der Waals surface area contributed by atoms with E-state index in [9.17, 15) is 9.59 Å². The Hall–Kier alpha value is -2.63. The smallest absolute Gasteiger partial charge is 0.220 e. The molecule has 0 saturated heterocycles. The predicted molar refractivity (Wildman–Crippen MR) is 91.1 cm³/mol. The molecule has 2 rings (SSSR count). The summed E-state index contributed by atoms with van der Waals surface area (Å²) in [6, 6.07) is 7.21. The molecule has 2 aromatic rings. The number of aromatic amines is 1. The standard InChI is InChI=1S/C18H23N3O3/c1-4-24-17-7-5-14(9-12(17)2)16(22)6-8-18(23)19-11-15-10-13(3)20-21-15/h5,7,9-10H,4,6,8,11H2,1-3H3,(H,19,23)(H,20,21). The highest BCUT2D eigenvalue weighted by Crippen LogP contribution is 2.20. The van der Waals surface area contributed by atoms with Gasteiger partial charge in [0.1, 0.15) is 5.75 Å². The van der Waals surface area contributed by atoms with Crippen LogP contribution in [0.1, 0.15) is 47.1 Å². The molecule has 6 heteroatoms. The van der Waals surface area contributed by atoms with Gasteiger partial charge < -0.3 is 10.1 Å². The summed E-state index contributed by atoms with van der Waals surface area (Å²) in [5.41, 5.74) is 3.24. The Bertz CT molecular complexity index is 722. The molecule has 24 heavy (non-hydrogen) atoms. The maximum absolute atomic E-state index is 12.2. The monoisotopic (exact) mass is 329 g/mol. The maximum atomic E-state index is 12.2. The van der Waals surface area contributed by atoms with Gasteiger partial charge >= 0.3 is 0 Å². The number of Topliss-reactive ketones (excluding diaryl/α,β-unsaturated/α-hetero) is 1. The number of hydrogen-bond acceptors (Lipinski definition) is 4. The first-order chi connectivity index (χ1) is 11.5. The fourth-order valence-corrected chi connectivity index (χ4v) is 2.35. The largest absolute Gasteiger partial charge is 0.494 e. The minimum atomic E-state index is -0.160.